The first-order valence-electron chi connectivity index (χ1n) is 3.52. The number of carbonyl (C=O) groups is 2. The first-order chi connectivity index (χ1) is 5.61. The van der Waals surface area contributed by atoms with Crippen LogP contribution in [0.15, 0.2) is 0 Å². The minimum atomic E-state index is -0.510. The molecule has 5 heteroatoms. The lowest BCUT2D eigenvalue weighted by atomic mass is 10.1. The van der Waals surface area contributed by atoms with Crippen molar-refractivity contribution in [1.82, 2.24) is 5.32 Å². The standard InChI is InChI=1S/C7H12BrNO3/c1-5(6(10)3-8)4-9-7(11)12-2/h5H,3-4H2,1-2H3,(H,9,11). The summed E-state index contributed by atoms with van der Waals surface area (Å²) in [4.78, 5) is 21.5. The second-order valence-electron chi connectivity index (χ2n) is 2.37. The average molecular weight is 238 g/mol. The molecule has 1 N–H and O–H groups in total. The summed E-state index contributed by atoms with van der Waals surface area (Å²) in [5, 5.41) is 2.76. The van der Waals surface area contributed by atoms with Crippen molar-refractivity contribution >= 4 is 27.8 Å². The molecule has 0 aliphatic rings. The molecule has 0 rings (SSSR count). The molecule has 4 nitrogen and oxygen atoms in total. The van der Waals surface area contributed by atoms with Crippen LogP contribution in [0.2, 0.25) is 0 Å². The van der Waals surface area contributed by atoms with E-state index in [0.717, 1.165) is 0 Å². The predicted octanol–water partition coefficient (Wildman–Crippen LogP) is 0.943. The van der Waals surface area contributed by atoms with Crippen LogP contribution in [0, 0.1) is 5.92 Å². The summed E-state index contributed by atoms with van der Waals surface area (Å²) < 4.78 is 4.34. The number of carbonyl (C=O) groups excluding carboxylic acids is 2. The molecule has 0 aromatic rings. The number of alkyl halides is 1. The van der Waals surface area contributed by atoms with E-state index in [1.54, 1.807) is 6.92 Å². The number of Topliss-reactive ketones (excluding diaryl/α,β-unsaturated/α-hetero) is 1. The molecule has 0 radical (unpaired) electrons. The van der Waals surface area contributed by atoms with Crippen molar-refractivity contribution in [2.45, 2.75) is 6.92 Å². The summed E-state index contributed by atoms with van der Waals surface area (Å²) >= 11 is 3.05. The number of rotatable bonds is 4. The van der Waals surface area contributed by atoms with Gasteiger partial charge >= 0.3 is 6.09 Å². The van der Waals surface area contributed by atoms with Gasteiger partial charge in [-0.3, -0.25) is 4.79 Å². The number of hydrogen-bond donors (Lipinski definition) is 1. The van der Waals surface area contributed by atoms with Crippen LogP contribution in [-0.2, 0) is 9.53 Å². The second-order valence-corrected chi connectivity index (χ2v) is 2.93. The molecule has 0 aliphatic carbocycles. The molecule has 0 saturated carbocycles. The summed E-state index contributed by atoms with van der Waals surface area (Å²) in [5.41, 5.74) is 0. The van der Waals surface area contributed by atoms with Gasteiger partial charge in [-0.15, -0.1) is 0 Å². The lowest BCUT2D eigenvalue weighted by molar-refractivity contribution is -0.119. The molecule has 0 fully saturated rings. The SMILES string of the molecule is COC(=O)NCC(C)C(=O)CBr. The molecule has 1 unspecified atom stereocenters. The van der Waals surface area contributed by atoms with Crippen LogP contribution in [0.3, 0.4) is 0 Å². The second kappa shape index (κ2) is 5.99. The monoisotopic (exact) mass is 237 g/mol. The van der Waals surface area contributed by atoms with Gasteiger partial charge in [-0.25, -0.2) is 4.79 Å². The third-order valence-electron chi connectivity index (χ3n) is 1.42. The Bertz CT molecular complexity index is 172. The lowest BCUT2D eigenvalue weighted by Crippen LogP contribution is -2.31. The van der Waals surface area contributed by atoms with E-state index in [1.807, 2.05) is 0 Å². The number of amides is 1. The normalized spacial score (nSPS) is 11.9. The molecule has 0 aliphatic heterocycles. The molecule has 0 saturated heterocycles. The Hall–Kier alpha value is -0.580. The summed E-state index contributed by atoms with van der Waals surface area (Å²) in [5.74, 6) is -0.116. The van der Waals surface area contributed by atoms with E-state index in [2.05, 4.69) is 26.0 Å². The van der Waals surface area contributed by atoms with E-state index in [0.29, 0.717) is 11.9 Å². The van der Waals surface area contributed by atoms with Crippen molar-refractivity contribution in [2.75, 3.05) is 19.0 Å². The van der Waals surface area contributed by atoms with E-state index in [9.17, 15) is 9.59 Å². The number of ketones is 1. The highest BCUT2D eigenvalue weighted by Gasteiger charge is 2.11. The van der Waals surface area contributed by atoms with Crippen molar-refractivity contribution in [3.63, 3.8) is 0 Å². The fourth-order valence-electron chi connectivity index (χ4n) is 0.554. The summed E-state index contributed by atoms with van der Waals surface area (Å²) in [6, 6.07) is 0. The molecular formula is C7H12BrNO3. The van der Waals surface area contributed by atoms with Crippen LogP contribution in [-0.4, -0.2) is 30.9 Å². The first kappa shape index (κ1) is 11.4. The number of alkyl carbamates (subject to hydrolysis) is 1. The van der Waals surface area contributed by atoms with E-state index < -0.39 is 6.09 Å². The fraction of sp³-hybridized carbons (Fsp3) is 0.714. The zero-order valence-electron chi connectivity index (χ0n) is 7.09. The molecule has 0 heterocycles. The molecule has 70 valence electrons. The molecule has 0 aromatic carbocycles. The number of halogens is 1. The van der Waals surface area contributed by atoms with Gasteiger partial charge in [0.25, 0.3) is 0 Å². The molecule has 1 atom stereocenters. The average Bonchev–Trinajstić information content (AvgIpc) is 2.11. The lowest BCUT2D eigenvalue weighted by Gasteiger charge is -2.08. The Balaban J connectivity index is 3.63. The van der Waals surface area contributed by atoms with Gasteiger partial charge in [-0.2, -0.15) is 0 Å². The molecule has 0 bridgehead atoms. The zero-order chi connectivity index (χ0) is 9.56. The highest BCUT2D eigenvalue weighted by molar-refractivity contribution is 9.09. The van der Waals surface area contributed by atoms with Gasteiger partial charge in [0.05, 0.1) is 12.4 Å². The fourth-order valence-corrected chi connectivity index (χ4v) is 1.11. The Labute approximate surface area is 79.8 Å². The highest BCUT2D eigenvalue weighted by Crippen LogP contribution is 1.97. The quantitative estimate of drug-likeness (QED) is 0.741. The van der Waals surface area contributed by atoms with Gasteiger partial charge in [0.1, 0.15) is 5.78 Å². The van der Waals surface area contributed by atoms with Crippen LogP contribution in [0.4, 0.5) is 4.79 Å². The summed E-state index contributed by atoms with van der Waals surface area (Å²) in [6.07, 6.45) is -0.510. The predicted molar refractivity (Wildman–Crippen MR) is 48.4 cm³/mol. The number of nitrogens with one attached hydrogen (secondary N) is 1. The van der Waals surface area contributed by atoms with Crippen molar-refractivity contribution in [3.05, 3.63) is 0 Å². The number of ether oxygens (including phenoxy) is 1. The summed E-state index contributed by atoms with van der Waals surface area (Å²) in [7, 11) is 1.28. The van der Waals surface area contributed by atoms with Crippen LogP contribution in [0.1, 0.15) is 6.92 Å². The largest absolute Gasteiger partial charge is 0.453 e. The van der Waals surface area contributed by atoms with Crippen molar-refractivity contribution in [3.8, 4) is 0 Å². The van der Waals surface area contributed by atoms with Crippen molar-refractivity contribution < 1.29 is 14.3 Å². The molecule has 0 aromatic heterocycles. The maximum Gasteiger partial charge on any atom is 0.406 e. The van der Waals surface area contributed by atoms with E-state index in [4.69, 9.17) is 0 Å². The molecule has 0 spiro atoms. The van der Waals surface area contributed by atoms with Gasteiger partial charge in [0.2, 0.25) is 0 Å². The Morgan fingerprint density at radius 3 is 2.58 bits per heavy atom. The van der Waals surface area contributed by atoms with Crippen molar-refractivity contribution in [1.29, 1.82) is 0 Å². The number of hydrogen-bond acceptors (Lipinski definition) is 3. The maximum atomic E-state index is 11.0. The van der Waals surface area contributed by atoms with E-state index in [-0.39, 0.29) is 11.7 Å². The first-order valence-corrected chi connectivity index (χ1v) is 4.64. The smallest absolute Gasteiger partial charge is 0.406 e. The van der Waals surface area contributed by atoms with Gasteiger partial charge in [0.15, 0.2) is 0 Å². The topological polar surface area (TPSA) is 55.4 Å². The summed E-state index contributed by atoms with van der Waals surface area (Å²) in [6.45, 7) is 2.07. The minimum absolute atomic E-state index is 0.0615. The Morgan fingerprint density at radius 2 is 2.17 bits per heavy atom. The van der Waals surface area contributed by atoms with Gasteiger partial charge < -0.3 is 10.1 Å². The number of methoxy groups -OCH3 is 1. The zero-order valence-corrected chi connectivity index (χ0v) is 8.68. The van der Waals surface area contributed by atoms with E-state index >= 15 is 0 Å². The minimum Gasteiger partial charge on any atom is -0.453 e. The van der Waals surface area contributed by atoms with Crippen LogP contribution >= 0.6 is 15.9 Å². The van der Waals surface area contributed by atoms with Gasteiger partial charge in [-0.1, -0.05) is 22.9 Å². The van der Waals surface area contributed by atoms with Crippen LogP contribution in [0.25, 0.3) is 0 Å². The van der Waals surface area contributed by atoms with Gasteiger partial charge in [-0.05, 0) is 0 Å². The third kappa shape index (κ3) is 4.33. The third-order valence-corrected chi connectivity index (χ3v) is 1.97. The van der Waals surface area contributed by atoms with Crippen LogP contribution in [0.5, 0.6) is 0 Å². The van der Waals surface area contributed by atoms with Gasteiger partial charge in [0, 0.05) is 12.5 Å². The maximum absolute atomic E-state index is 11.0. The Morgan fingerprint density at radius 1 is 1.58 bits per heavy atom. The highest BCUT2D eigenvalue weighted by atomic mass is 79.9. The van der Waals surface area contributed by atoms with E-state index in [1.165, 1.54) is 7.11 Å². The van der Waals surface area contributed by atoms with Crippen molar-refractivity contribution in [2.24, 2.45) is 5.92 Å². The molecular weight excluding hydrogens is 226 g/mol. The molecule has 12 heavy (non-hydrogen) atoms. The Kier molecular flexibility index (Phi) is 5.70. The van der Waals surface area contributed by atoms with Crippen LogP contribution < -0.4 is 5.32 Å². The molecule has 1 amide bonds.